The predicted octanol–water partition coefficient (Wildman–Crippen LogP) is 3.60. The number of rotatable bonds is 4. The summed E-state index contributed by atoms with van der Waals surface area (Å²) in [5.74, 6) is -4.08. The van der Waals surface area contributed by atoms with Gasteiger partial charge in [0.25, 0.3) is 0 Å². The maximum Gasteiger partial charge on any atom is 0.223 e. The lowest BCUT2D eigenvalue weighted by molar-refractivity contribution is -0.127. The summed E-state index contributed by atoms with van der Waals surface area (Å²) in [7, 11) is 0. The summed E-state index contributed by atoms with van der Waals surface area (Å²) in [6.07, 6.45) is 1.72. The van der Waals surface area contributed by atoms with Crippen LogP contribution in [0.4, 0.5) is 13.2 Å². The second-order valence-electron chi connectivity index (χ2n) is 5.31. The molecule has 1 aliphatic rings. The minimum absolute atomic E-state index is 0.0124. The largest absolute Gasteiger partial charge is 0.337 e. The molecule has 1 unspecified atom stereocenters. The Balaban J connectivity index is 2.16. The van der Waals surface area contributed by atoms with Crippen molar-refractivity contribution < 1.29 is 22.8 Å². The molecule has 124 valence electrons. The second kappa shape index (κ2) is 7.21. The van der Waals surface area contributed by atoms with Crippen LogP contribution in [0.15, 0.2) is 23.1 Å². The lowest BCUT2D eigenvalue weighted by atomic mass is 9.97. The number of amides is 1. The smallest absolute Gasteiger partial charge is 0.223 e. The van der Waals surface area contributed by atoms with Gasteiger partial charge in [0, 0.05) is 36.8 Å². The van der Waals surface area contributed by atoms with Crippen LogP contribution in [0.5, 0.6) is 0 Å². The molecule has 1 fully saturated rings. The molecule has 7 heteroatoms. The lowest BCUT2D eigenvalue weighted by Crippen LogP contribution is -2.27. The van der Waals surface area contributed by atoms with Gasteiger partial charge in [-0.25, -0.2) is 13.2 Å². The minimum atomic E-state index is -1.26. The van der Waals surface area contributed by atoms with Crippen molar-refractivity contribution in [3.63, 3.8) is 0 Å². The highest BCUT2D eigenvalue weighted by molar-refractivity contribution is 8.16. The number of hydrogen-bond donors (Lipinski definition) is 0. The van der Waals surface area contributed by atoms with Crippen LogP contribution < -0.4 is 0 Å². The first-order valence-electron chi connectivity index (χ1n) is 7.07. The van der Waals surface area contributed by atoms with Gasteiger partial charge in [0.05, 0.1) is 6.54 Å². The van der Waals surface area contributed by atoms with Gasteiger partial charge in [0.2, 0.25) is 5.91 Å². The van der Waals surface area contributed by atoms with E-state index in [0.29, 0.717) is 11.0 Å². The van der Waals surface area contributed by atoms with Crippen LogP contribution >= 0.6 is 11.8 Å². The second-order valence-corrected chi connectivity index (χ2v) is 6.62. The van der Waals surface area contributed by atoms with E-state index in [-0.39, 0.29) is 36.1 Å². The average molecular weight is 343 g/mol. The third-order valence-electron chi connectivity index (χ3n) is 3.62. The summed E-state index contributed by atoms with van der Waals surface area (Å²) < 4.78 is 40.5. The first-order valence-corrected chi connectivity index (χ1v) is 7.89. The molecule has 23 heavy (non-hydrogen) atoms. The zero-order valence-electron chi connectivity index (χ0n) is 12.7. The molecule has 0 bridgehead atoms. The number of carbonyl (C=O) groups is 2. The molecule has 0 saturated carbocycles. The van der Waals surface area contributed by atoms with Crippen molar-refractivity contribution in [1.29, 1.82) is 0 Å². The molecule has 3 nitrogen and oxygen atoms in total. The van der Waals surface area contributed by atoms with E-state index >= 15 is 0 Å². The Bertz CT molecular complexity index is 676. The Kier molecular flexibility index (Phi) is 5.51. The molecule has 1 heterocycles. The Morgan fingerprint density at radius 2 is 2.09 bits per heavy atom. The number of benzene rings is 1. The fourth-order valence-corrected chi connectivity index (χ4v) is 3.27. The number of likely N-dealkylation sites (tertiary alicyclic amines) is 1. The monoisotopic (exact) mass is 343 g/mol. The number of carbonyl (C=O) groups excluding carboxylic acids is 2. The van der Waals surface area contributed by atoms with Crippen LogP contribution in [0, 0.1) is 17.5 Å². The van der Waals surface area contributed by atoms with Crippen molar-refractivity contribution in [3.05, 3.63) is 46.1 Å². The summed E-state index contributed by atoms with van der Waals surface area (Å²) in [4.78, 5) is 25.4. The molecule has 1 saturated heterocycles. The van der Waals surface area contributed by atoms with E-state index in [1.807, 2.05) is 0 Å². The van der Waals surface area contributed by atoms with Gasteiger partial charge >= 0.3 is 0 Å². The highest BCUT2D eigenvalue weighted by Gasteiger charge is 2.33. The molecule has 2 rings (SSSR count). The van der Waals surface area contributed by atoms with Crippen LogP contribution in [-0.2, 0) is 9.59 Å². The van der Waals surface area contributed by atoms with E-state index in [9.17, 15) is 22.8 Å². The average Bonchev–Trinajstić information content (AvgIpc) is 2.82. The summed E-state index contributed by atoms with van der Waals surface area (Å²) >= 11 is 1.03. The zero-order valence-corrected chi connectivity index (χ0v) is 13.6. The van der Waals surface area contributed by atoms with Crippen LogP contribution in [0.25, 0.3) is 0 Å². The van der Waals surface area contributed by atoms with Crippen LogP contribution in [0.2, 0.25) is 0 Å². The van der Waals surface area contributed by atoms with E-state index in [1.54, 1.807) is 13.0 Å². The maximum atomic E-state index is 13.9. The van der Waals surface area contributed by atoms with Crippen molar-refractivity contribution in [2.75, 3.05) is 13.1 Å². The molecule has 1 aromatic carbocycles. The fourth-order valence-electron chi connectivity index (χ4n) is 2.56. The normalized spacial score (nSPS) is 18.7. The van der Waals surface area contributed by atoms with Gasteiger partial charge < -0.3 is 4.90 Å². The molecule has 0 aromatic heterocycles. The quantitative estimate of drug-likeness (QED) is 0.784. The van der Waals surface area contributed by atoms with Gasteiger partial charge in [-0.05, 0) is 18.6 Å². The summed E-state index contributed by atoms with van der Waals surface area (Å²) in [5.41, 5.74) is -0.125. The van der Waals surface area contributed by atoms with Crippen LogP contribution in [-0.4, -0.2) is 29.0 Å². The molecule has 0 N–H and O–H groups in total. The van der Waals surface area contributed by atoms with Crippen LogP contribution in [0.1, 0.15) is 31.7 Å². The first-order chi connectivity index (χ1) is 10.8. The summed E-state index contributed by atoms with van der Waals surface area (Å²) in [5, 5.41) is -0.0976. The van der Waals surface area contributed by atoms with Gasteiger partial charge in [0.1, 0.15) is 5.82 Å². The van der Waals surface area contributed by atoms with Gasteiger partial charge in [0.15, 0.2) is 16.7 Å². The number of hydrogen-bond acceptors (Lipinski definition) is 3. The van der Waals surface area contributed by atoms with Crippen molar-refractivity contribution in [2.24, 2.45) is 0 Å². The molecule has 1 aromatic rings. The standard InChI is InChI=1S/C16H16F3NO2S/c1-3-12(23-9(2)21)8-20-7-10(4-15(20)22)13-5-11(17)6-14(18)16(13)19/h3,5-6,10H,4,7-8H2,1-2H3/b12-3-. The lowest BCUT2D eigenvalue weighted by Gasteiger charge is -2.18. The van der Waals surface area contributed by atoms with Gasteiger partial charge in [-0.3, -0.25) is 9.59 Å². The van der Waals surface area contributed by atoms with Gasteiger partial charge in [-0.2, -0.15) is 0 Å². The Morgan fingerprint density at radius 1 is 1.39 bits per heavy atom. The molecule has 0 aliphatic carbocycles. The maximum absolute atomic E-state index is 13.9. The van der Waals surface area contributed by atoms with Crippen molar-refractivity contribution >= 4 is 22.8 Å². The van der Waals surface area contributed by atoms with E-state index in [4.69, 9.17) is 0 Å². The minimum Gasteiger partial charge on any atom is -0.337 e. The van der Waals surface area contributed by atoms with E-state index < -0.39 is 23.4 Å². The van der Waals surface area contributed by atoms with Crippen molar-refractivity contribution in [1.82, 2.24) is 4.90 Å². The molecular formula is C16H16F3NO2S. The van der Waals surface area contributed by atoms with Gasteiger partial charge in [-0.15, -0.1) is 0 Å². The predicted molar refractivity (Wildman–Crippen MR) is 82.3 cm³/mol. The molecule has 0 spiro atoms. The highest BCUT2D eigenvalue weighted by Crippen LogP contribution is 2.32. The topological polar surface area (TPSA) is 37.4 Å². The number of nitrogens with zero attached hydrogens (tertiary/aromatic N) is 1. The molecule has 1 aliphatic heterocycles. The van der Waals surface area contributed by atoms with E-state index in [2.05, 4.69) is 0 Å². The Morgan fingerprint density at radius 3 is 2.70 bits per heavy atom. The SMILES string of the molecule is C/C=C(/CN1CC(c2cc(F)cc(F)c2F)CC1=O)SC(C)=O. The third kappa shape index (κ3) is 4.16. The molecule has 1 amide bonds. The van der Waals surface area contributed by atoms with Crippen molar-refractivity contribution in [3.8, 4) is 0 Å². The number of halogens is 3. The number of allylic oxidation sites excluding steroid dienone is 1. The Hall–Kier alpha value is -1.76. The summed E-state index contributed by atoms with van der Waals surface area (Å²) in [6.45, 7) is 3.57. The number of thioether (sulfide) groups is 1. The molecule has 1 atom stereocenters. The first kappa shape index (κ1) is 17.6. The molecule has 0 radical (unpaired) electrons. The zero-order chi connectivity index (χ0) is 17.1. The summed E-state index contributed by atoms with van der Waals surface area (Å²) in [6, 6.07) is 1.41. The van der Waals surface area contributed by atoms with Gasteiger partial charge in [-0.1, -0.05) is 17.8 Å². The Labute approximate surface area is 136 Å². The highest BCUT2D eigenvalue weighted by atomic mass is 32.2. The third-order valence-corrected chi connectivity index (χ3v) is 4.53. The molecular weight excluding hydrogens is 327 g/mol. The van der Waals surface area contributed by atoms with E-state index in [1.165, 1.54) is 11.8 Å². The van der Waals surface area contributed by atoms with Crippen LogP contribution in [0.3, 0.4) is 0 Å². The van der Waals surface area contributed by atoms with Crippen molar-refractivity contribution in [2.45, 2.75) is 26.2 Å². The fraction of sp³-hybridized carbons (Fsp3) is 0.375. The van der Waals surface area contributed by atoms with E-state index in [0.717, 1.165) is 17.8 Å².